The quantitative estimate of drug-likeness (QED) is 0.835. The number of benzene rings is 1. The average Bonchev–Trinajstić information content (AvgIpc) is 2.47. The second-order valence-electron chi connectivity index (χ2n) is 5.28. The number of nitrogens with one attached hydrogen (secondary N) is 2. The number of sulfonamides is 1. The summed E-state index contributed by atoms with van der Waals surface area (Å²) in [5.41, 5.74) is -0.262. The van der Waals surface area contributed by atoms with Crippen molar-refractivity contribution < 1.29 is 17.2 Å². The molecule has 0 aromatic heterocycles. The van der Waals surface area contributed by atoms with Gasteiger partial charge in [-0.2, -0.15) is 5.26 Å². The highest BCUT2D eigenvalue weighted by atomic mass is 35.5. The number of halogens is 3. The predicted molar refractivity (Wildman–Crippen MR) is 83.7 cm³/mol. The second kappa shape index (κ2) is 8.55. The molecule has 9 heteroatoms. The number of nitriles is 1. The van der Waals surface area contributed by atoms with Gasteiger partial charge in [0.15, 0.2) is 4.90 Å². The number of hydrogen-bond acceptors (Lipinski definition) is 4. The van der Waals surface area contributed by atoms with Gasteiger partial charge < -0.3 is 5.32 Å². The molecule has 2 rings (SSSR count). The van der Waals surface area contributed by atoms with E-state index in [2.05, 4.69) is 10.0 Å². The van der Waals surface area contributed by atoms with Crippen molar-refractivity contribution in [2.75, 3.05) is 19.6 Å². The van der Waals surface area contributed by atoms with Crippen molar-refractivity contribution in [2.24, 2.45) is 5.92 Å². The Morgan fingerprint density at radius 1 is 1.35 bits per heavy atom. The van der Waals surface area contributed by atoms with Crippen molar-refractivity contribution in [1.82, 2.24) is 10.0 Å². The molecule has 128 valence electrons. The molecule has 0 amide bonds. The van der Waals surface area contributed by atoms with Crippen LogP contribution in [-0.4, -0.2) is 28.1 Å². The summed E-state index contributed by atoms with van der Waals surface area (Å²) >= 11 is 0. The highest BCUT2D eigenvalue weighted by Gasteiger charge is 2.25. The van der Waals surface area contributed by atoms with Gasteiger partial charge in [-0.05, 0) is 50.4 Å². The topological polar surface area (TPSA) is 82.0 Å². The van der Waals surface area contributed by atoms with Crippen LogP contribution < -0.4 is 10.0 Å². The summed E-state index contributed by atoms with van der Waals surface area (Å²) in [5, 5.41) is 11.8. The average molecular weight is 366 g/mol. The van der Waals surface area contributed by atoms with Gasteiger partial charge in [-0.15, -0.1) is 12.4 Å². The van der Waals surface area contributed by atoms with Crippen molar-refractivity contribution in [1.29, 1.82) is 5.26 Å². The highest BCUT2D eigenvalue weighted by Crippen LogP contribution is 2.21. The molecule has 1 aromatic rings. The van der Waals surface area contributed by atoms with Gasteiger partial charge in [0.2, 0.25) is 10.0 Å². The summed E-state index contributed by atoms with van der Waals surface area (Å²) < 4.78 is 53.8. The van der Waals surface area contributed by atoms with E-state index in [1.165, 1.54) is 0 Å². The Hall–Kier alpha value is -1.27. The molecule has 2 N–H and O–H groups in total. The van der Waals surface area contributed by atoms with Crippen LogP contribution in [-0.2, 0) is 10.0 Å². The third kappa shape index (κ3) is 5.11. The molecule has 1 atom stereocenters. The van der Waals surface area contributed by atoms with Gasteiger partial charge in [-0.25, -0.2) is 21.9 Å². The lowest BCUT2D eigenvalue weighted by Gasteiger charge is -2.22. The third-order valence-corrected chi connectivity index (χ3v) is 5.15. The number of nitrogens with zero attached hydrogens (tertiary/aromatic N) is 1. The van der Waals surface area contributed by atoms with E-state index < -0.39 is 26.6 Å². The number of rotatable bonds is 5. The van der Waals surface area contributed by atoms with Crippen LogP contribution in [0.3, 0.4) is 0 Å². The maximum absolute atomic E-state index is 13.8. The van der Waals surface area contributed by atoms with Gasteiger partial charge in [0, 0.05) is 6.54 Å². The Labute approximate surface area is 140 Å². The van der Waals surface area contributed by atoms with E-state index in [1.54, 1.807) is 6.07 Å². The van der Waals surface area contributed by atoms with Gasteiger partial charge in [-0.1, -0.05) is 0 Å². The van der Waals surface area contributed by atoms with Crippen LogP contribution in [0.4, 0.5) is 8.78 Å². The van der Waals surface area contributed by atoms with Crippen LogP contribution in [0.1, 0.15) is 24.8 Å². The zero-order valence-electron chi connectivity index (χ0n) is 12.3. The fraction of sp³-hybridized carbons (Fsp3) is 0.500. The van der Waals surface area contributed by atoms with Crippen LogP contribution in [0.5, 0.6) is 0 Å². The Kier molecular flexibility index (Phi) is 7.35. The lowest BCUT2D eigenvalue weighted by molar-refractivity contribution is 0.358. The van der Waals surface area contributed by atoms with E-state index in [0.29, 0.717) is 24.5 Å². The largest absolute Gasteiger partial charge is 0.316 e. The SMILES string of the molecule is Cl.N#Cc1cc(F)c(S(=O)(=O)NCCC2CCCNC2)c(F)c1. The molecule has 0 saturated carbocycles. The Morgan fingerprint density at radius 2 is 2.00 bits per heavy atom. The highest BCUT2D eigenvalue weighted by molar-refractivity contribution is 7.89. The zero-order valence-corrected chi connectivity index (χ0v) is 13.9. The first-order chi connectivity index (χ1) is 10.4. The molecule has 0 radical (unpaired) electrons. The van der Waals surface area contributed by atoms with Crippen molar-refractivity contribution in [2.45, 2.75) is 24.2 Å². The van der Waals surface area contributed by atoms with Crippen LogP contribution in [0.25, 0.3) is 0 Å². The summed E-state index contributed by atoms with van der Waals surface area (Å²) in [4.78, 5) is -1.03. The van der Waals surface area contributed by atoms with Gasteiger partial charge >= 0.3 is 0 Å². The smallest absolute Gasteiger partial charge is 0.246 e. The predicted octanol–water partition coefficient (Wildman–Crippen LogP) is 1.93. The molecule has 1 aliphatic rings. The van der Waals surface area contributed by atoms with Crippen LogP contribution >= 0.6 is 12.4 Å². The summed E-state index contributed by atoms with van der Waals surface area (Å²) in [6, 6.07) is 2.99. The second-order valence-corrected chi connectivity index (χ2v) is 6.98. The summed E-state index contributed by atoms with van der Waals surface area (Å²) in [7, 11) is -4.28. The minimum atomic E-state index is -4.28. The first-order valence-corrected chi connectivity index (χ1v) is 8.52. The minimum Gasteiger partial charge on any atom is -0.316 e. The summed E-state index contributed by atoms with van der Waals surface area (Å²) in [6.07, 6.45) is 2.65. The summed E-state index contributed by atoms with van der Waals surface area (Å²) in [5.74, 6) is -2.17. The Morgan fingerprint density at radius 3 is 2.52 bits per heavy atom. The molecule has 23 heavy (non-hydrogen) atoms. The van der Waals surface area contributed by atoms with Crippen molar-refractivity contribution >= 4 is 22.4 Å². The lowest BCUT2D eigenvalue weighted by atomic mass is 9.96. The minimum absolute atomic E-state index is 0. The van der Waals surface area contributed by atoms with E-state index in [-0.39, 0.29) is 24.5 Å². The maximum Gasteiger partial charge on any atom is 0.246 e. The monoisotopic (exact) mass is 365 g/mol. The van der Waals surface area contributed by atoms with Crippen molar-refractivity contribution in [3.8, 4) is 6.07 Å². The van der Waals surface area contributed by atoms with Crippen LogP contribution in [0.15, 0.2) is 17.0 Å². The van der Waals surface area contributed by atoms with Gasteiger partial charge in [0.25, 0.3) is 0 Å². The van der Waals surface area contributed by atoms with E-state index in [9.17, 15) is 17.2 Å². The van der Waals surface area contributed by atoms with Crippen molar-refractivity contribution in [3.05, 3.63) is 29.3 Å². The molecular formula is C14H18ClF2N3O2S. The molecule has 0 spiro atoms. The van der Waals surface area contributed by atoms with E-state index >= 15 is 0 Å². The normalized spacial score (nSPS) is 18.0. The van der Waals surface area contributed by atoms with Gasteiger partial charge in [0.05, 0.1) is 11.6 Å². The first kappa shape index (κ1) is 19.8. The fourth-order valence-electron chi connectivity index (χ4n) is 2.52. The van der Waals surface area contributed by atoms with Crippen molar-refractivity contribution in [3.63, 3.8) is 0 Å². The van der Waals surface area contributed by atoms with E-state index in [0.717, 1.165) is 25.9 Å². The maximum atomic E-state index is 13.8. The zero-order chi connectivity index (χ0) is 16.2. The molecule has 0 aliphatic carbocycles. The summed E-state index contributed by atoms with van der Waals surface area (Å²) in [6.45, 7) is 1.90. The molecule has 1 saturated heterocycles. The Balaban J connectivity index is 0.00000264. The molecule has 0 bridgehead atoms. The number of hydrogen-bond donors (Lipinski definition) is 2. The standard InChI is InChI=1S/C14H17F2N3O2S.ClH/c15-12-6-11(8-17)7-13(16)14(12)22(20,21)19-5-3-10-2-1-4-18-9-10;/h6-7,10,18-19H,1-5,9H2;1H. The first-order valence-electron chi connectivity index (χ1n) is 7.03. The molecule has 1 unspecified atom stereocenters. The van der Waals surface area contributed by atoms with Gasteiger partial charge in [-0.3, -0.25) is 0 Å². The lowest BCUT2D eigenvalue weighted by Crippen LogP contribution is -2.33. The Bertz CT molecular complexity index is 663. The molecular weight excluding hydrogens is 348 g/mol. The third-order valence-electron chi connectivity index (χ3n) is 3.64. The van der Waals surface area contributed by atoms with Crippen LogP contribution in [0.2, 0.25) is 0 Å². The molecule has 1 aliphatic heterocycles. The number of piperidine rings is 1. The molecule has 5 nitrogen and oxygen atoms in total. The van der Waals surface area contributed by atoms with E-state index in [4.69, 9.17) is 5.26 Å². The van der Waals surface area contributed by atoms with Gasteiger partial charge in [0.1, 0.15) is 11.6 Å². The fourth-order valence-corrected chi connectivity index (χ4v) is 3.68. The van der Waals surface area contributed by atoms with E-state index in [1.807, 2.05) is 0 Å². The molecule has 1 aromatic carbocycles. The molecule has 1 heterocycles. The molecule has 1 fully saturated rings. The van der Waals surface area contributed by atoms with Crippen LogP contribution in [0, 0.1) is 28.9 Å².